The molecule has 2 aliphatic rings. The summed E-state index contributed by atoms with van der Waals surface area (Å²) in [6.07, 6.45) is 1.20. The van der Waals surface area contributed by atoms with Crippen LogP contribution in [0.4, 0.5) is 10.5 Å². The van der Waals surface area contributed by atoms with Gasteiger partial charge in [-0.3, -0.25) is 14.5 Å². The number of hydrogen-bond donors (Lipinski definition) is 0. The van der Waals surface area contributed by atoms with Crippen molar-refractivity contribution in [3.8, 4) is 5.75 Å². The molecule has 8 heteroatoms. The fourth-order valence-corrected chi connectivity index (χ4v) is 3.53. The average Bonchev–Trinajstić information content (AvgIpc) is 3.07. The molecule has 2 fully saturated rings. The summed E-state index contributed by atoms with van der Waals surface area (Å²) in [5.41, 5.74) is 0.787. The molecule has 8 nitrogen and oxygen atoms in total. The minimum atomic E-state index is -0.216. The second kappa shape index (κ2) is 8.28. The summed E-state index contributed by atoms with van der Waals surface area (Å²) >= 11 is 0. The quantitative estimate of drug-likeness (QED) is 0.726. The lowest BCUT2D eigenvalue weighted by Gasteiger charge is -2.31. The van der Waals surface area contributed by atoms with Gasteiger partial charge in [-0.1, -0.05) is 0 Å². The van der Waals surface area contributed by atoms with Crippen molar-refractivity contribution in [2.45, 2.75) is 12.8 Å². The number of amides is 3. The summed E-state index contributed by atoms with van der Waals surface area (Å²) < 4.78 is 9.90. The van der Waals surface area contributed by atoms with E-state index in [1.165, 1.54) is 7.11 Å². The summed E-state index contributed by atoms with van der Waals surface area (Å²) in [5, 5.41) is 0. The monoisotopic (exact) mass is 375 g/mol. The smallest absolute Gasteiger partial charge is 0.325 e. The number of rotatable bonds is 5. The minimum absolute atomic E-state index is 0.0639. The molecule has 3 rings (SSSR count). The first-order chi connectivity index (χ1) is 13.0. The SMILES string of the molecule is COC(=O)C1CCN(C(=O)CN2CCN(c3ccc(OC)cc3)C2=O)CC1. The minimum Gasteiger partial charge on any atom is -0.497 e. The molecule has 146 valence electrons. The first-order valence-electron chi connectivity index (χ1n) is 9.09. The summed E-state index contributed by atoms with van der Waals surface area (Å²) in [6.45, 7) is 2.15. The van der Waals surface area contributed by atoms with E-state index in [1.54, 1.807) is 21.8 Å². The Labute approximate surface area is 158 Å². The highest BCUT2D eigenvalue weighted by Gasteiger charge is 2.33. The number of nitrogens with zero attached hydrogens (tertiary/aromatic N) is 3. The first-order valence-corrected chi connectivity index (χ1v) is 9.09. The van der Waals surface area contributed by atoms with Crippen LogP contribution in [0.2, 0.25) is 0 Å². The Morgan fingerprint density at radius 2 is 1.70 bits per heavy atom. The largest absolute Gasteiger partial charge is 0.497 e. The van der Waals surface area contributed by atoms with Crippen LogP contribution >= 0.6 is 0 Å². The highest BCUT2D eigenvalue weighted by Crippen LogP contribution is 2.24. The van der Waals surface area contributed by atoms with Gasteiger partial charge in [-0.25, -0.2) is 4.79 Å². The van der Waals surface area contributed by atoms with Crippen molar-refractivity contribution >= 4 is 23.6 Å². The van der Waals surface area contributed by atoms with Crippen LogP contribution in [0.3, 0.4) is 0 Å². The van der Waals surface area contributed by atoms with Crippen LogP contribution in [0.5, 0.6) is 5.75 Å². The Kier molecular flexibility index (Phi) is 5.83. The van der Waals surface area contributed by atoms with Gasteiger partial charge in [-0.2, -0.15) is 0 Å². The molecule has 27 heavy (non-hydrogen) atoms. The van der Waals surface area contributed by atoms with Crippen molar-refractivity contribution in [3.05, 3.63) is 24.3 Å². The summed E-state index contributed by atoms with van der Waals surface area (Å²) in [6, 6.07) is 7.11. The Balaban J connectivity index is 1.53. The Morgan fingerprint density at radius 3 is 2.30 bits per heavy atom. The second-order valence-electron chi connectivity index (χ2n) is 6.73. The number of esters is 1. The third-order valence-electron chi connectivity index (χ3n) is 5.19. The Hall–Kier alpha value is -2.77. The standard InChI is InChI=1S/C19H25N3O5/c1-26-16-5-3-15(4-6-16)22-12-11-21(19(22)25)13-17(23)20-9-7-14(8-10-20)18(24)27-2/h3-6,14H,7-13H2,1-2H3. The Bertz CT molecular complexity index is 698. The zero-order valence-electron chi connectivity index (χ0n) is 15.7. The zero-order chi connectivity index (χ0) is 19.4. The highest BCUT2D eigenvalue weighted by atomic mass is 16.5. The van der Waals surface area contributed by atoms with Crippen molar-refractivity contribution in [2.24, 2.45) is 5.92 Å². The number of carbonyl (C=O) groups excluding carboxylic acids is 3. The molecule has 2 aliphatic heterocycles. The van der Waals surface area contributed by atoms with Gasteiger partial charge in [0.25, 0.3) is 0 Å². The van der Waals surface area contributed by atoms with E-state index in [9.17, 15) is 14.4 Å². The van der Waals surface area contributed by atoms with Crippen LogP contribution in [0.25, 0.3) is 0 Å². The topological polar surface area (TPSA) is 79.4 Å². The molecule has 1 aromatic rings. The zero-order valence-corrected chi connectivity index (χ0v) is 15.7. The number of anilines is 1. The maximum Gasteiger partial charge on any atom is 0.325 e. The fourth-order valence-electron chi connectivity index (χ4n) is 3.53. The maximum atomic E-state index is 12.6. The van der Waals surface area contributed by atoms with Crippen molar-refractivity contribution in [3.63, 3.8) is 0 Å². The van der Waals surface area contributed by atoms with E-state index >= 15 is 0 Å². The van der Waals surface area contributed by atoms with Gasteiger partial charge in [0.05, 0.1) is 20.1 Å². The predicted molar refractivity (Wildman–Crippen MR) is 98.6 cm³/mol. The van der Waals surface area contributed by atoms with E-state index in [0.29, 0.717) is 39.0 Å². The lowest BCUT2D eigenvalue weighted by atomic mass is 9.97. The molecule has 0 N–H and O–H groups in total. The lowest BCUT2D eigenvalue weighted by Crippen LogP contribution is -2.46. The molecular formula is C19H25N3O5. The molecule has 0 aliphatic carbocycles. The van der Waals surface area contributed by atoms with Crippen molar-refractivity contribution < 1.29 is 23.9 Å². The van der Waals surface area contributed by atoms with Crippen LogP contribution < -0.4 is 9.64 Å². The molecule has 0 spiro atoms. The van der Waals surface area contributed by atoms with E-state index in [4.69, 9.17) is 9.47 Å². The molecule has 0 bridgehead atoms. The van der Waals surface area contributed by atoms with Crippen LogP contribution in [-0.2, 0) is 14.3 Å². The van der Waals surface area contributed by atoms with Gasteiger partial charge in [-0.05, 0) is 37.1 Å². The number of piperidine rings is 1. The van der Waals surface area contributed by atoms with Gasteiger partial charge in [-0.15, -0.1) is 0 Å². The van der Waals surface area contributed by atoms with Crippen LogP contribution in [0.1, 0.15) is 12.8 Å². The van der Waals surface area contributed by atoms with Gasteiger partial charge < -0.3 is 19.3 Å². The van der Waals surface area contributed by atoms with Gasteiger partial charge in [0.2, 0.25) is 5.91 Å². The van der Waals surface area contributed by atoms with Gasteiger partial charge in [0.15, 0.2) is 0 Å². The summed E-state index contributed by atoms with van der Waals surface area (Å²) in [5.74, 6) is 0.293. The third-order valence-corrected chi connectivity index (χ3v) is 5.19. The number of ether oxygens (including phenoxy) is 2. The Morgan fingerprint density at radius 1 is 1.04 bits per heavy atom. The summed E-state index contributed by atoms with van der Waals surface area (Å²) in [7, 11) is 2.98. The third kappa shape index (κ3) is 4.15. The van der Waals surface area contributed by atoms with Crippen molar-refractivity contribution in [2.75, 3.05) is 51.8 Å². The van der Waals surface area contributed by atoms with E-state index < -0.39 is 0 Å². The summed E-state index contributed by atoms with van der Waals surface area (Å²) in [4.78, 5) is 41.7. The van der Waals surface area contributed by atoms with E-state index in [-0.39, 0.29) is 30.4 Å². The van der Waals surface area contributed by atoms with Crippen molar-refractivity contribution in [1.82, 2.24) is 9.80 Å². The molecule has 0 radical (unpaired) electrons. The number of carbonyl (C=O) groups is 3. The molecule has 1 aromatic carbocycles. The number of hydrogen-bond acceptors (Lipinski definition) is 5. The van der Waals surface area contributed by atoms with Crippen LogP contribution in [-0.4, -0.2) is 74.7 Å². The lowest BCUT2D eigenvalue weighted by molar-refractivity contribution is -0.148. The van der Waals surface area contributed by atoms with Gasteiger partial charge >= 0.3 is 12.0 Å². The molecule has 0 atom stereocenters. The van der Waals surface area contributed by atoms with Gasteiger partial charge in [0.1, 0.15) is 12.3 Å². The highest BCUT2D eigenvalue weighted by molar-refractivity contribution is 5.96. The van der Waals surface area contributed by atoms with Crippen LogP contribution in [0, 0.1) is 5.92 Å². The average molecular weight is 375 g/mol. The van der Waals surface area contributed by atoms with Crippen LogP contribution in [0.15, 0.2) is 24.3 Å². The molecule has 0 aromatic heterocycles. The fraction of sp³-hybridized carbons (Fsp3) is 0.526. The first kappa shape index (κ1) is 19.0. The number of urea groups is 1. The van der Waals surface area contributed by atoms with E-state index in [2.05, 4.69) is 0 Å². The molecular weight excluding hydrogens is 350 g/mol. The second-order valence-corrected chi connectivity index (χ2v) is 6.73. The molecule has 0 unspecified atom stereocenters. The number of likely N-dealkylation sites (tertiary alicyclic amines) is 1. The molecule has 0 saturated carbocycles. The van der Waals surface area contributed by atoms with Gasteiger partial charge in [0, 0.05) is 31.9 Å². The van der Waals surface area contributed by atoms with E-state index in [0.717, 1.165) is 11.4 Å². The molecule has 2 saturated heterocycles. The number of benzene rings is 1. The molecule has 2 heterocycles. The maximum absolute atomic E-state index is 12.6. The van der Waals surface area contributed by atoms with Crippen molar-refractivity contribution in [1.29, 1.82) is 0 Å². The molecule has 3 amide bonds. The predicted octanol–water partition coefficient (Wildman–Crippen LogP) is 1.35. The normalized spacial score (nSPS) is 18.0. The van der Waals surface area contributed by atoms with E-state index in [1.807, 2.05) is 24.3 Å². The number of methoxy groups -OCH3 is 2.